The van der Waals surface area contributed by atoms with E-state index in [0.29, 0.717) is 72.5 Å². The lowest BCUT2D eigenvalue weighted by atomic mass is 9.85. The van der Waals surface area contributed by atoms with Crippen molar-refractivity contribution >= 4 is 27.5 Å². The van der Waals surface area contributed by atoms with Crippen molar-refractivity contribution in [2.45, 2.75) is 88.9 Å². The number of nitrogens with zero attached hydrogens (tertiary/aromatic N) is 4. The maximum Gasteiger partial charge on any atom is 0.472 e. The Morgan fingerprint density at radius 1 is 0.690 bits per heavy atom. The predicted octanol–water partition coefficient (Wildman–Crippen LogP) is 4.84. The SMILES string of the molecule is CC1(C)Oc2ccc(C#N)cc2[C@@H](N2CCCC2=O)[C@@H]1OP(=O)(O)OCCOCCOCCOP(=O)(O)O[C@H]1[C@H](N2CCCC2=O)c2cc(C#N)ccc2OC1(C)C. The van der Waals surface area contributed by atoms with E-state index in [2.05, 4.69) is 12.1 Å². The largest absolute Gasteiger partial charge is 0.485 e. The summed E-state index contributed by atoms with van der Waals surface area (Å²) < 4.78 is 71.4. The molecule has 2 aromatic carbocycles. The third kappa shape index (κ3) is 9.92. The highest BCUT2D eigenvalue weighted by atomic mass is 31.2. The average molecular weight is 847 g/mol. The van der Waals surface area contributed by atoms with Crippen LogP contribution >= 0.6 is 15.6 Å². The molecule has 0 saturated carbocycles. The van der Waals surface area contributed by atoms with Crippen molar-refractivity contribution in [1.29, 1.82) is 10.5 Å². The summed E-state index contributed by atoms with van der Waals surface area (Å²) in [6, 6.07) is 12.2. The van der Waals surface area contributed by atoms with Gasteiger partial charge in [0.25, 0.3) is 0 Å². The van der Waals surface area contributed by atoms with Crippen molar-refractivity contribution in [2.75, 3.05) is 52.7 Å². The highest BCUT2D eigenvalue weighted by molar-refractivity contribution is 7.47. The summed E-state index contributed by atoms with van der Waals surface area (Å²) in [7, 11) is -9.45. The molecule has 2 saturated heterocycles. The van der Waals surface area contributed by atoms with E-state index in [1.165, 1.54) is 0 Å². The van der Waals surface area contributed by atoms with Gasteiger partial charge in [0.05, 0.1) is 75.0 Å². The second-order valence-electron chi connectivity index (χ2n) is 15.3. The fraction of sp³-hybridized carbons (Fsp3) is 0.579. The molecule has 6 rings (SSSR count). The van der Waals surface area contributed by atoms with Gasteiger partial charge >= 0.3 is 15.6 Å². The van der Waals surface area contributed by atoms with Crippen LogP contribution in [0, 0.1) is 22.7 Å². The van der Waals surface area contributed by atoms with E-state index in [0.717, 1.165) is 0 Å². The summed E-state index contributed by atoms with van der Waals surface area (Å²) in [5.41, 5.74) is -0.680. The fourth-order valence-corrected chi connectivity index (χ4v) is 9.75. The van der Waals surface area contributed by atoms with Gasteiger partial charge in [-0.1, -0.05) is 0 Å². The Balaban J connectivity index is 0.949. The van der Waals surface area contributed by atoms with E-state index in [1.54, 1.807) is 73.9 Å². The Kier molecular flexibility index (Phi) is 13.4. The first-order valence-corrected chi connectivity index (χ1v) is 22.0. The molecule has 58 heavy (non-hydrogen) atoms. The number of benzene rings is 2. The van der Waals surface area contributed by atoms with Gasteiger partial charge in [-0.05, 0) is 76.9 Å². The molecule has 0 aromatic heterocycles. The summed E-state index contributed by atoms with van der Waals surface area (Å²) in [6.07, 6.45) is -0.415. The molecule has 6 atom stereocenters. The maximum absolute atomic E-state index is 13.2. The quantitative estimate of drug-likeness (QED) is 0.160. The molecule has 4 aliphatic rings. The topological polar surface area (TPSA) is 237 Å². The lowest BCUT2D eigenvalue weighted by Gasteiger charge is -2.47. The number of amides is 2. The van der Waals surface area contributed by atoms with E-state index < -0.39 is 51.1 Å². The molecule has 4 aliphatic heterocycles. The Labute approximate surface area is 336 Å². The standard InChI is InChI=1S/C38H48N4O14P2/c1-37(2)35(33(41-13-5-7-31(41)43)27-21-25(23-39)9-11-29(27)53-37)55-57(45,46)51-19-17-49-15-16-50-18-20-52-58(47,48)56-36-34(42-14-6-8-32(42)44)28-22-26(24-40)10-12-30(28)54-38(36,3)4/h9-12,21-22,33-36H,5-8,13-20H2,1-4H3,(H,45,46)(H,47,48)/t33-,34-,35+,36+/m1/s1. The van der Waals surface area contributed by atoms with Crippen molar-refractivity contribution in [3.05, 3.63) is 58.7 Å². The number of carbonyl (C=O) groups excluding carboxylic acids is 2. The van der Waals surface area contributed by atoms with Crippen LogP contribution < -0.4 is 9.47 Å². The highest BCUT2D eigenvalue weighted by Crippen LogP contribution is 2.55. The van der Waals surface area contributed by atoms with Crippen LogP contribution in [-0.2, 0) is 46.3 Å². The van der Waals surface area contributed by atoms with E-state index in [4.69, 9.17) is 37.0 Å². The molecule has 0 radical (unpaired) electrons. The number of likely N-dealkylation sites (tertiary alicyclic amines) is 2. The first kappa shape index (κ1) is 43.7. The van der Waals surface area contributed by atoms with Crippen LogP contribution in [0.5, 0.6) is 11.5 Å². The number of hydrogen-bond donors (Lipinski definition) is 2. The minimum atomic E-state index is -4.72. The number of rotatable bonds is 17. The summed E-state index contributed by atoms with van der Waals surface area (Å²) in [6.45, 7) is 6.72. The van der Waals surface area contributed by atoms with Crippen LogP contribution in [0.4, 0.5) is 0 Å². The van der Waals surface area contributed by atoms with Crippen LogP contribution in [0.15, 0.2) is 36.4 Å². The highest BCUT2D eigenvalue weighted by Gasteiger charge is 2.53. The Hall–Kier alpha value is -3.90. The molecule has 2 aromatic rings. The molecule has 2 amide bonds. The number of nitriles is 2. The molecule has 0 aliphatic carbocycles. The molecule has 4 heterocycles. The lowest BCUT2D eigenvalue weighted by Crippen LogP contribution is -2.54. The molecular formula is C38H48N4O14P2. The van der Waals surface area contributed by atoms with Gasteiger partial charge in [0, 0.05) is 37.1 Å². The van der Waals surface area contributed by atoms with Gasteiger partial charge in [0.15, 0.2) is 0 Å². The fourth-order valence-electron chi connectivity index (χ4n) is 7.70. The van der Waals surface area contributed by atoms with Crippen LogP contribution in [0.2, 0.25) is 0 Å². The van der Waals surface area contributed by atoms with E-state index in [1.807, 2.05) is 0 Å². The van der Waals surface area contributed by atoms with Crippen molar-refractivity contribution in [3.63, 3.8) is 0 Å². The molecule has 0 bridgehead atoms. The molecule has 2 unspecified atom stereocenters. The van der Waals surface area contributed by atoms with Gasteiger partial charge in [-0.25, -0.2) is 9.13 Å². The average Bonchev–Trinajstić information content (AvgIpc) is 3.79. The Bertz CT molecular complexity index is 1910. The molecule has 314 valence electrons. The second kappa shape index (κ2) is 17.8. The lowest BCUT2D eigenvalue weighted by molar-refractivity contribution is -0.139. The number of ether oxygens (including phenoxy) is 4. The van der Waals surface area contributed by atoms with Crippen molar-refractivity contribution in [3.8, 4) is 23.6 Å². The summed E-state index contributed by atoms with van der Waals surface area (Å²) in [4.78, 5) is 50.4. The van der Waals surface area contributed by atoms with Crippen LogP contribution in [0.25, 0.3) is 0 Å². The van der Waals surface area contributed by atoms with Crippen molar-refractivity contribution < 1.29 is 65.5 Å². The molecule has 0 spiro atoms. The van der Waals surface area contributed by atoms with E-state index >= 15 is 0 Å². The molecule has 2 fully saturated rings. The number of fused-ring (bicyclic) bond motifs is 2. The minimum absolute atomic E-state index is 0.0388. The van der Waals surface area contributed by atoms with E-state index in [-0.39, 0.29) is 51.5 Å². The molecule has 18 nitrogen and oxygen atoms in total. The predicted molar refractivity (Wildman–Crippen MR) is 202 cm³/mol. The van der Waals surface area contributed by atoms with E-state index in [9.17, 15) is 39.0 Å². The number of carbonyl (C=O) groups is 2. The van der Waals surface area contributed by atoms with Gasteiger partial charge in [-0.2, -0.15) is 10.5 Å². The summed E-state index contributed by atoms with van der Waals surface area (Å²) in [5.74, 6) is 0.584. The first-order valence-electron chi connectivity index (χ1n) is 19.0. The van der Waals surface area contributed by atoms with Gasteiger partial charge in [0.1, 0.15) is 34.9 Å². The third-order valence-electron chi connectivity index (χ3n) is 10.3. The third-order valence-corrected chi connectivity index (χ3v) is 12.3. The molecular weight excluding hydrogens is 798 g/mol. The number of phosphoric ester groups is 2. The first-order chi connectivity index (χ1) is 27.4. The zero-order valence-electron chi connectivity index (χ0n) is 32.7. The minimum Gasteiger partial charge on any atom is -0.485 e. The number of hydrogen-bond acceptors (Lipinski definition) is 14. The Morgan fingerprint density at radius 2 is 1.07 bits per heavy atom. The number of phosphoric acid groups is 2. The maximum atomic E-state index is 13.2. The van der Waals surface area contributed by atoms with Crippen molar-refractivity contribution in [2.24, 2.45) is 0 Å². The molecule has 2 N–H and O–H groups in total. The van der Waals surface area contributed by atoms with Crippen LogP contribution in [-0.4, -0.2) is 108 Å². The second-order valence-corrected chi connectivity index (χ2v) is 18.1. The van der Waals surface area contributed by atoms with Crippen LogP contribution in [0.1, 0.15) is 87.7 Å². The zero-order chi connectivity index (χ0) is 41.9. The van der Waals surface area contributed by atoms with Gasteiger partial charge < -0.3 is 38.5 Å². The van der Waals surface area contributed by atoms with Gasteiger partial charge in [-0.3, -0.25) is 27.7 Å². The van der Waals surface area contributed by atoms with Gasteiger partial charge in [-0.15, -0.1) is 0 Å². The zero-order valence-corrected chi connectivity index (χ0v) is 34.5. The monoisotopic (exact) mass is 846 g/mol. The molecule has 20 heteroatoms. The normalized spacial score (nSPS) is 25.4. The van der Waals surface area contributed by atoms with Gasteiger partial charge in [0.2, 0.25) is 11.8 Å². The summed E-state index contributed by atoms with van der Waals surface area (Å²) >= 11 is 0. The van der Waals surface area contributed by atoms with Crippen LogP contribution in [0.3, 0.4) is 0 Å². The smallest absolute Gasteiger partial charge is 0.472 e. The Morgan fingerprint density at radius 3 is 1.41 bits per heavy atom. The van der Waals surface area contributed by atoms with Crippen molar-refractivity contribution in [1.82, 2.24) is 9.80 Å². The summed E-state index contributed by atoms with van der Waals surface area (Å²) in [5, 5.41) is 19.0.